The highest BCUT2D eigenvalue weighted by atomic mass is 32.1. The van der Waals surface area contributed by atoms with Crippen molar-refractivity contribution in [3.05, 3.63) is 33.8 Å². The summed E-state index contributed by atoms with van der Waals surface area (Å²) in [5, 5.41) is 3.24. The van der Waals surface area contributed by atoms with Gasteiger partial charge in [-0.3, -0.25) is 4.79 Å². The number of aryl methyl sites for hydroxylation is 1. The number of likely N-dealkylation sites (tertiary alicyclic amines) is 1. The number of H-pyrrole nitrogens is 1. The number of rotatable bonds is 3. The number of imidazole rings is 1. The van der Waals surface area contributed by atoms with Crippen LogP contribution in [-0.4, -0.2) is 38.8 Å². The summed E-state index contributed by atoms with van der Waals surface area (Å²) in [5.41, 5.74) is 1.67. The molecule has 0 radical (unpaired) electrons. The van der Waals surface area contributed by atoms with Crippen molar-refractivity contribution >= 4 is 17.2 Å². The molecule has 2 aromatic rings. The number of nitrogens with one attached hydrogen (secondary N) is 1. The van der Waals surface area contributed by atoms with Gasteiger partial charge in [-0.25, -0.2) is 9.97 Å². The molecule has 1 N–H and O–H groups in total. The zero-order chi connectivity index (χ0) is 15.7. The van der Waals surface area contributed by atoms with Crippen LogP contribution in [0.4, 0.5) is 0 Å². The summed E-state index contributed by atoms with van der Waals surface area (Å²) in [6, 6.07) is 0. The van der Waals surface area contributed by atoms with Crippen LogP contribution >= 0.6 is 11.3 Å². The van der Waals surface area contributed by atoms with Gasteiger partial charge < -0.3 is 9.88 Å². The highest BCUT2D eigenvalue weighted by Crippen LogP contribution is 2.29. The number of amides is 1. The number of carbonyl (C=O) groups is 1. The summed E-state index contributed by atoms with van der Waals surface area (Å²) in [7, 11) is 0. The van der Waals surface area contributed by atoms with Crippen molar-refractivity contribution in [3.63, 3.8) is 0 Å². The molecule has 0 spiro atoms. The van der Waals surface area contributed by atoms with E-state index < -0.39 is 0 Å². The highest BCUT2D eigenvalue weighted by Gasteiger charge is 2.28. The zero-order valence-corrected chi connectivity index (χ0v) is 14.1. The van der Waals surface area contributed by atoms with Gasteiger partial charge >= 0.3 is 0 Å². The lowest BCUT2D eigenvalue weighted by Crippen LogP contribution is -2.39. The lowest BCUT2D eigenvalue weighted by atomic mass is 9.98. The molecule has 0 saturated carbocycles. The number of hydrogen-bond donors (Lipinski definition) is 1. The maximum atomic E-state index is 12.7. The molecule has 0 aromatic carbocycles. The zero-order valence-electron chi connectivity index (χ0n) is 13.3. The molecule has 1 fully saturated rings. The van der Waals surface area contributed by atoms with E-state index in [4.69, 9.17) is 0 Å². The maximum Gasteiger partial charge on any atom is 0.271 e. The van der Waals surface area contributed by atoms with E-state index in [0.29, 0.717) is 17.5 Å². The Balaban J connectivity index is 1.72. The van der Waals surface area contributed by atoms with Gasteiger partial charge in [0.05, 0.1) is 11.2 Å². The van der Waals surface area contributed by atoms with Crippen LogP contribution in [0.25, 0.3) is 0 Å². The Labute approximate surface area is 134 Å². The van der Waals surface area contributed by atoms with E-state index in [2.05, 4.69) is 34.2 Å². The fourth-order valence-corrected chi connectivity index (χ4v) is 3.76. The van der Waals surface area contributed by atoms with E-state index in [9.17, 15) is 4.79 Å². The molecule has 3 heterocycles. The molecule has 0 unspecified atom stereocenters. The van der Waals surface area contributed by atoms with Gasteiger partial charge in [-0.15, -0.1) is 11.3 Å². The Morgan fingerprint density at radius 3 is 2.95 bits per heavy atom. The van der Waals surface area contributed by atoms with E-state index in [1.54, 1.807) is 17.5 Å². The van der Waals surface area contributed by atoms with Crippen LogP contribution in [0.1, 0.15) is 65.5 Å². The summed E-state index contributed by atoms with van der Waals surface area (Å²) in [6.07, 6.45) is 3.80. The van der Waals surface area contributed by atoms with Gasteiger partial charge in [0.1, 0.15) is 11.5 Å². The number of aromatic amines is 1. The van der Waals surface area contributed by atoms with Crippen LogP contribution in [-0.2, 0) is 0 Å². The van der Waals surface area contributed by atoms with Crippen LogP contribution in [0.5, 0.6) is 0 Å². The first kappa shape index (κ1) is 15.2. The van der Waals surface area contributed by atoms with Crippen molar-refractivity contribution in [3.8, 4) is 0 Å². The lowest BCUT2D eigenvalue weighted by molar-refractivity contribution is 0.0701. The summed E-state index contributed by atoms with van der Waals surface area (Å²) in [4.78, 5) is 26.6. The molecular weight excluding hydrogens is 296 g/mol. The van der Waals surface area contributed by atoms with Crippen molar-refractivity contribution in [1.29, 1.82) is 0 Å². The number of piperidine rings is 1. The predicted molar refractivity (Wildman–Crippen MR) is 87.4 cm³/mol. The van der Waals surface area contributed by atoms with Crippen LogP contribution < -0.4 is 0 Å². The van der Waals surface area contributed by atoms with E-state index in [-0.39, 0.29) is 5.91 Å². The SMILES string of the molecule is Cc1csc([C@@H]2CCCN(C(=O)c3cnc(C(C)C)[nH]3)C2)n1. The molecule has 0 aliphatic carbocycles. The fraction of sp³-hybridized carbons (Fsp3) is 0.562. The molecule has 0 bridgehead atoms. The molecular formula is C16H22N4OS. The summed E-state index contributed by atoms with van der Waals surface area (Å²) in [6.45, 7) is 7.71. The second kappa shape index (κ2) is 6.20. The van der Waals surface area contributed by atoms with Gasteiger partial charge in [0.2, 0.25) is 0 Å². The summed E-state index contributed by atoms with van der Waals surface area (Å²) >= 11 is 1.70. The Morgan fingerprint density at radius 1 is 1.50 bits per heavy atom. The number of carbonyl (C=O) groups excluding carboxylic acids is 1. The molecule has 5 nitrogen and oxygen atoms in total. The fourth-order valence-electron chi connectivity index (χ4n) is 2.83. The molecule has 3 rings (SSSR count). The van der Waals surface area contributed by atoms with Gasteiger partial charge in [0, 0.05) is 36.0 Å². The molecule has 1 amide bonds. The van der Waals surface area contributed by atoms with E-state index >= 15 is 0 Å². The standard InChI is InChI=1S/C16H22N4OS/c1-10(2)14-17-7-13(19-14)16(21)20-6-4-5-12(8-20)15-18-11(3)9-22-15/h7,9-10,12H,4-6,8H2,1-3H3,(H,17,19)/t12-/m1/s1. The van der Waals surface area contributed by atoms with E-state index in [0.717, 1.165) is 42.5 Å². The Morgan fingerprint density at radius 2 is 2.32 bits per heavy atom. The topological polar surface area (TPSA) is 61.9 Å². The third-order valence-electron chi connectivity index (χ3n) is 4.07. The molecule has 6 heteroatoms. The van der Waals surface area contributed by atoms with Crippen LogP contribution in [0.15, 0.2) is 11.6 Å². The van der Waals surface area contributed by atoms with Gasteiger partial charge in [-0.05, 0) is 19.8 Å². The largest absolute Gasteiger partial charge is 0.338 e. The smallest absolute Gasteiger partial charge is 0.271 e. The monoisotopic (exact) mass is 318 g/mol. The van der Waals surface area contributed by atoms with Gasteiger partial charge in [-0.2, -0.15) is 0 Å². The van der Waals surface area contributed by atoms with Gasteiger partial charge in [0.25, 0.3) is 5.91 Å². The molecule has 1 aliphatic rings. The maximum absolute atomic E-state index is 12.7. The minimum atomic E-state index is 0.0531. The van der Waals surface area contributed by atoms with Crippen LogP contribution in [0, 0.1) is 6.92 Å². The van der Waals surface area contributed by atoms with Crippen molar-refractivity contribution in [2.75, 3.05) is 13.1 Å². The first-order valence-electron chi connectivity index (χ1n) is 7.80. The first-order valence-corrected chi connectivity index (χ1v) is 8.68. The summed E-state index contributed by atoms with van der Waals surface area (Å²) < 4.78 is 0. The molecule has 1 atom stereocenters. The van der Waals surface area contributed by atoms with E-state index in [1.165, 1.54) is 0 Å². The second-order valence-corrected chi connectivity index (χ2v) is 7.14. The van der Waals surface area contributed by atoms with Crippen LogP contribution in [0.3, 0.4) is 0 Å². The lowest BCUT2D eigenvalue weighted by Gasteiger charge is -2.31. The third kappa shape index (κ3) is 3.06. The van der Waals surface area contributed by atoms with Gasteiger partial charge in [-0.1, -0.05) is 13.8 Å². The molecule has 1 aliphatic heterocycles. The molecule has 118 valence electrons. The van der Waals surface area contributed by atoms with Crippen molar-refractivity contribution < 1.29 is 4.79 Å². The van der Waals surface area contributed by atoms with Crippen molar-refractivity contribution in [1.82, 2.24) is 19.9 Å². The van der Waals surface area contributed by atoms with Crippen molar-refractivity contribution in [2.24, 2.45) is 0 Å². The summed E-state index contributed by atoms with van der Waals surface area (Å²) in [5.74, 6) is 1.59. The van der Waals surface area contributed by atoms with Gasteiger partial charge in [0.15, 0.2) is 0 Å². The Bertz CT molecular complexity index is 661. The second-order valence-electron chi connectivity index (χ2n) is 6.25. The quantitative estimate of drug-likeness (QED) is 0.944. The average Bonchev–Trinajstić information content (AvgIpc) is 3.15. The number of hydrogen-bond acceptors (Lipinski definition) is 4. The first-order chi connectivity index (χ1) is 10.5. The molecule has 1 saturated heterocycles. The Kier molecular flexibility index (Phi) is 4.29. The normalized spacial score (nSPS) is 18.9. The average molecular weight is 318 g/mol. The minimum Gasteiger partial charge on any atom is -0.338 e. The third-order valence-corrected chi connectivity index (χ3v) is 5.19. The molecule has 22 heavy (non-hydrogen) atoms. The number of aromatic nitrogens is 3. The Hall–Kier alpha value is -1.69. The van der Waals surface area contributed by atoms with Crippen LogP contribution in [0.2, 0.25) is 0 Å². The highest BCUT2D eigenvalue weighted by molar-refractivity contribution is 7.09. The molecule has 2 aromatic heterocycles. The number of thiazole rings is 1. The predicted octanol–water partition coefficient (Wildman–Crippen LogP) is 3.32. The van der Waals surface area contributed by atoms with E-state index in [1.807, 2.05) is 11.8 Å². The van der Waals surface area contributed by atoms with Crippen molar-refractivity contribution in [2.45, 2.75) is 45.4 Å². The minimum absolute atomic E-state index is 0.0531. The number of nitrogens with zero attached hydrogens (tertiary/aromatic N) is 3.